The van der Waals surface area contributed by atoms with Gasteiger partial charge in [0, 0.05) is 18.6 Å². The van der Waals surface area contributed by atoms with E-state index in [1.807, 2.05) is 24.3 Å². The zero-order chi connectivity index (χ0) is 15.0. The van der Waals surface area contributed by atoms with Gasteiger partial charge in [0.25, 0.3) is 5.56 Å². The van der Waals surface area contributed by atoms with Crippen LogP contribution in [-0.2, 0) is 7.05 Å². The molecule has 1 aliphatic rings. The molecule has 4 nitrogen and oxygen atoms in total. The molecule has 1 unspecified atom stereocenters. The van der Waals surface area contributed by atoms with Crippen LogP contribution in [0.2, 0.25) is 5.02 Å². The van der Waals surface area contributed by atoms with Crippen LogP contribution in [0.4, 0.5) is 5.69 Å². The van der Waals surface area contributed by atoms with Crippen LogP contribution >= 0.6 is 27.5 Å². The van der Waals surface area contributed by atoms with Gasteiger partial charge in [-0.3, -0.25) is 4.79 Å². The lowest BCUT2D eigenvalue weighted by Gasteiger charge is -2.28. The zero-order valence-electron chi connectivity index (χ0n) is 11.6. The number of benzene rings is 1. The Kier molecular flexibility index (Phi) is 4.04. The molecule has 0 aliphatic carbocycles. The highest BCUT2D eigenvalue weighted by Gasteiger charge is 2.29. The number of aryl methyl sites for hydroxylation is 1. The van der Waals surface area contributed by atoms with E-state index < -0.39 is 0 Å². The van der Waals surface area contributed by atoms with Gasteiger partial charge in [-0.25, -0.2) is 4.68 Å². The van der Waals surface area contributed by atoms with Crippen molar-refractivity contribution in [2.75, 3.05) is 11.4 Å². The Morgan fingerprint density at radius 1 is 1.38 bits per heavy atom. The van der Waals surface area contributed by atoms with Gasteiger partial charge in [-0.15, -0.1) is 0 Å². The maximum atomic E-state index is 12.1. The van der Waals surface area contributed by atoms with E-state index in [9.17, 15) is 4.79 Å². The summed E-state index contributed by atoms with van der Waals surface area (Å²) in [6, 6.07) is 8.07. The predicted octanol–water partition coefficient (Wildman–Crippen LogP) is 3.54. The summed E-state index contributed by atoms with van der Waals surface area (Å²) >= 11 is 9.75. The molecule has 0 radical (unpaired) electrons. The summed E-state index contributed by atoms with van der Waals surface area (Å²) in [7, 11) is 1.65. The molecule has 0 saturated carbocycles. The fourth-order valence-electron chi connectivity index (χ4n) is 2.83. The van der Waals surface area contributed by atoms with Gasteiger partial charge in [0.1, 0.15) is 4.47 Å². The average Bonchev–Trinajstić information content (AvgIpc) is 2.94. The number of anilines is 1. The van der Waals surface area contributed by atoms with Gasteiger partial charge < -0.3 is 4.90 Å². The Morgan fingerprint density at radius 2 is 2.14 bits per heavy atom. The van der Waals surface area contributed by atoms with Crippen LogP contribution in [0, 0.1) is 0 Å². The van der Waals surface area contributed by atoms with Crippen LogP contribution in [0.3, 0.4) is 0 Å². The standard InChI is InChI=1S/C15H15BrClN3O/c1-19-15(21)14(16)13(9-18-19)20-8-4-7-12(20)10-5-2-3-6-11(10)17/h2-3,5-6,9,12H,4,7-8H2,1H3. The monoisotopic (exact) mass is 367 g/mol. The van der Waals surface area contributed by atoms with Crippen molar-refractivity contribution in [1.29, 1.82) is 0 Å². The zero-order valence-corrected chi connectivity index (χ0v) is 13.9. The lowest BCUT2D eigenvalue weighted by molar-refractivity contribution is 0.680. The summed E-state index contributed by atoms with van der Waals surface area (Å²) in [4.78, 5) is 14.3. The fraction of sp³-hybridized carbons (Fsp3) is 0.333. The highest BCUT2D eigenvalue weighted by molar-refractivity contribution is 9.10. The first-order chi connectivity index (χ1) is 10.1. The van der Waals surface area contributed by atoms with Crippen molar-refractivity contribution in [3.05, 3.63) is 55.9 Å². The van der Waals surface area contributed by atoms with Crippen molar-refractivity contribution >= 4 is 33.2 Å². The number of hydrogen-bond donors (Lipinski definition) is 0. The number of hydrogen-bond acceptors (Lipinski definition) is 3. The van der Waals surface area contributed by atoms with E-state index in [1.54, 1.807) is 13.2 Å². The minimum absolute atomic E-state index is 0.127. The SMILES string of the molecule is Cn1ncc(N2CCCC2c2ccccc2Cl)c(Br)c1=O. The van der Waals surface area contributed by atoms with E-state index in [-0.39, 0.29) is 11.6 Å². The van der Waals surface area contributed by atoms with E-state index in [2.05, 4.69) is 25.9 Å². The third kappa shape index (κ3) is 2.60. The van der Waals surface area contributed by atoms with Gasteiger partial charge in [-0.1, -0.05) is 29.8 Å². The maximum Gasteiger partial charge on any atom is 0.282 e. The molecule has 1 atom stereocenters. The Morgan fingerprint density at radius 3 is 2.90 bits per heavy atom. The quantitative estimate of drug-likeness (QED) is 0.814. The Bertz CT molecular complexity index is 731. The summed E-state index contributed by atoms with van der Waals surface area (Å²) in [6.45, 7) is 0.892. The highest BCUT2D eigenvalue weighted by Crippen LogP contribution is 2.40. The topological polar surface area (TPSA) is 38.1 Å². The smallest absolute Gasteiger partial charge is 0.282 e. The summed E-state index contributed by atoms with van der Waals surface area (Å²) in [5.41, 5.74) is 1.81. The summed E-state index contributed by atoms with van der Waals surface area (Å²) in [6.07, 6.45) is 3.82. The molecule has 1 aliphatic heterocycles. The van der Waals surface area contributed by atoms with E-state index in [0.717, 1.165) is 35.7 Å². The van der Waals surface area contributed by atoms with Gasteiger partial charge in [0.15, 0.2) is 0 Å². The number of aromatic nitrogens is 2. The van der Waals surface area contributed by atoms with Crippen LogP contribution in [0.25, 0.3) is 0 Å². The van der Waals surface area contributed by atoms with Crippen molar-refractivity contribution in [3.8, 4) is 0 Å². The van der Waals surface area contributed by atoms with Gasteiger partial charge in [0.05, 0.1) is 17.9 Å². The van der Waals surface area contributed by atoms with Gasteiger partial charge in [-0.05, 0) is 40.4 Å². The first kappa shape index (κ1) is 14.6. The molecule has 1 fully saturated rings. The molecular weight excluding hydrogens is 354 g/mol. The van der Waals surface area contributed by atoms with Crippen LogP contribution < -0.4 is 10.5 Å². The first-order valence-electron chi connectivity index (χ1n) is 6.82. The van der Waals surface area contributed by atoms with E-state index in [0.29, 0.717) is 4.47 Å². The van der Waals surface area contributed by atoms with E-state index >= 15 is 0 Å². The van der Waals surface area contributed by atoms with Gasteiger partial charge in [-0.2, -0.15) is 5.10 Å². The number of nitrogens with zero attached hydrogens (tertiary/aromatic N) is 3. The van der Waals surface area contributed by atoms with Crippen molar-refractivity contribution in [2.24, 2.45) is 7.05 Å². The molecule has 21 heavy (non-hydrogen) atoms. The maximum absolute atomic E-state index is 12.1. The predicted molar refractivity (Wildman–Crippen MR) is 88.0 cm³/mol. The second-order valence-electron chi connectivity index (χ2n) is 5.15. The van der Waals surface area contributed by atoms with Crippen molar-refractivity contribution in [2.45, 2.75) is 18.9 Å². The fourth-order valence-corrected chi connectivity index (χ4v) is 3.67. The molecule has 1 aromatic heterocycles. The molecule has 6 heteroatoms. The lowest BCUT2D eigenvalue weighted by Crippen LogP contribution is -2.28. The van der Waals surface area contributed by atoms with Gasteiger partial charge >= 0.3 is 0 Å². The average molecular weight is 369 g/mol. The molecule has 1 aromatic carbocycles. The minimum atomic E-state index is -0.127. The van der Waals surface area contributed by atoms with Crippen molar-refractivity contribution in [1.82, 2.24) is 9.78 Å². The second kappa shape index (κ2) is 5.81. The molecule has 110 valence electrons. The summed E-state index contributed by atoms with van der Waals surface area (Å²) in [5.74, 6) is 0. The normalized spacial score (nSPS) is 18.2. The largest absolute Gasteiger partial charge is 0.362 e. The third-order valence-electron chi connectivity index (χ3n) is 3.89. The van der Waals surface area contributed by atoms with Crippen LogP contribution in [0.5, 0.6) is 0 Å². The van der Waals surface area contributed by atoms with E-state index in [4.69, 9.17) is 11.6 Å². The molecule has 2 aromatic rings. The minimum Gasteiger partial charge on any atom is -0.362 e. The third-order valence-corrected chi connectivity index (χ3v) is 4.98. The first-order valence-corrected chi connectivity index (χ1v) is 7.99. The van der Waals surface area contributed by atoms with Gasteiger partial charge in [0.2, 0.25) is 0 Å². The molecule has 0 amide bonds. The van der Waals surface area contributed by atoms with E-state index in [1.165, 1.54) is 4.68 Å². The highest BCUT2D eigenvalue weighted by atomic mass is 79.9. The Balaban J connectivity index is 2.05. The Labute approximate surface area is 136 Å². The molecule has 1 saturated heterocycles. The number of rotatable bonds is 2. The second-order valence-corrected chi connectivity index (χ2v) is 6.35. The van der Waals surface area contributed by atoms with Crippen LogP contribution in [0.15, 0.2) is 39.7 Å². The molecule has 3 rings (SSSR count). The summed E-state index contributed by atoms with van der Waals surface area (Å²) in [5, 5.41) is 4.90. The van der Waals surface area contributed by atoms with Crippen molar-refractivity contribution in [3.63, 3.8) is 0 Å². The van der Waals surface area contributed by atoms with Crippen LogP contribution in [0.1, 0.15) is 24.4 Å². The molecule has 2 heterocycles. The lowest BCUT2D eigenvalue weighted by atomic mass is 10.0. The molecular formula is C15H15BrClN3O. The molecule has 0 bridgehead atoms. The van der Waals surface area contributed by atoms with Crippen LogP contribution in [-0.4, -0.2) is 16.3 Å². The molecule has 0 N–H and O–H groups in total. The number of halogens is 2. The summed E-state index contributed by atoms with van der Waals surface area (Å²) < 4.78 is 1.88. The van der Waals surface area contributed by atoms with Crippen molar-refractivity contribution < 1.29 is 0 Å². The Hall–Kier alpha value is -1.33. The molecule has 0 spiro atoms.